The van der Waals surface area contributed by atoms with Crippen LogP contribution in [0, 0.1) is 6.92 Å². The van der Waals surface area contributed by atoms with Gasteiger partial charge in [-0.3, -0.25) is 0 Å². The SMILES string of the molecule is CCCC(O)c1cc(C)cnc1N. The normalized spacial score (nSPS) is 12.8. The second kappa shape index (κ2) is 4.23. The fraction of sp³-hybridized carbons (Fsp3) is 0.500. The molecule has 0 aliphatic heterocycles. The summed E-state index contributed by atoms with van der Waals surface area (Å²) in [5, 5.41) is 9.71. The van der Waals surface area contributed by atoms with Crippen LogP contribution in [0.4, 0.5) is 5.82 Å². The Morgan fingerprint density at radius 3 is 2.92 bits per heavy atom. The molecule has 1 aromatic heterocycles. The molecule has 0 spiro atoms. The first-order valence-electron chi connectivity index (χ1n) is 4.55. The van der Waals surface area contributed by atoms with Gasteiger partial charge in [0.05, 0.1) is 6.10 Å². The molecule has 0 aliphatic carbocycles. The number of pyridine rings is 1. The first-order chi connectivity index (χ1) is 6.15. The van der Waals surface area contributed by atoms with Crippen LogP contribution in [0.25, 0.3) is 0 Å². The van der Waals surface area contributed by atoms with Crippen molar-refractivity contribution in [3.63, 3.8) is 0 Å². The van der Waals surface area contributed by atoms with Gasteiger partial charge in [-0.15, -0.1) is 0 Å². The van der Waals surface area contributed by atoms with Gasteiger partial charge >= 0.3 is 0 Å². The highest BCUT2D eigenvalue weighted by Gasteiger charge is 2.10. The maximum atomic E-state index is 9.71. The van der Waals surface area contributed by atoms with Crippen LogP contribution >= 0.6 is 0 Å². The van der Waals surface area contributed by atoms with Gasteiger partial charge in [0.15, 0.2) is 0 Å². The monoisotopic (exact) mass is 180 g/mol. The zero-order valence-electron chi connectivity index (χ0n) is 8.12. The third kappa shape index (κ3) is 2.42. The number of nitrogens with two attached hydrogens (primary N) is 1. The number of rotatable bonds is 3. The molecule has 1 unspecified atom stereocenters. The summed E-state index contributed by atoms with van der Waals surface area (Å²) in [5.74, 6) is 0.437. The molecule has 0 amide bonds. The number of aliphatic hydroxyl groups is 1. The van der Waals surface area contributed by atoms with Gasteiger partial charge in [-0.25, -0.2) is 4.98 Å². The molecule has 1 rings (SSSR count). The average molecular weight is 180 g/mol. The lowest BCUT2D eigenvalue weighted by atomic mass is 10.0. The van der Waals surface area contributed by atoms with E-state index in [1.165, 1.54) is 0 Å². The number of nitrogen functional groups attached to an aromatic ring is 1. The van der Waals surface area contributed by atoms with Gasteiger partial charge in [0, 0.05) is 11.8 Å². The van der Waals surface area contributed by atoms with E-state index < -0.39 is 6.10 Å². The van der Waals surface area contributed by atoms with Crippen LogP contribution in [0.1, 0.15) is 37.0 Å². The van der Waals surface area contributed by atoms with E-state index >= 15 is 0 Å². The molecule has 0 bridgehead atoms. The van der Waals surface area contributed by atoms with Gasteiger partial charge in [-0.2, -0.15) is 0 Å². The Morgan fingerprint density at radius 1 is 1.62 bits per heavy atom. The maximum absolute atomic E-state index is 9.71. The second-order valence-electron chi connectivity index (χ2n) is 3.29. The van der Waals surface area contributed by atoms with Crippen LogP contribution in [0.2, 0.25) is 0 Å². The van der Waals surface area contributed by atoms with Crippen LogP contribution in [0.15, 0.2) is 12.3 Å². The minimum Gasteiger partial charge on any atom is -0.388 e. The molecule has 0 aliphatic rings. The van der Waals surface area contributed by atoms with Crippen LogP contribution < -0.4 is 5.73 Å². The van der Waals surface area contributed by atoms with Crippen molar-refractivity contribution in [3.8, 4) is 0 Å². The standard InChI is InChI=1S/C10H16N2O/c1-3-4-9(13)8-5-7(2)6-12-10(8)11/h5-6,9,13H,3-4H2,1-2H3,(H2,11,12). The number of aliphatic hydroxyl groups excluding tert-OH is 1. The first kappa shape index (κ1) is 9.99. The summed E-state index contributed by atoms with van der Waals surface area (Å²) in [6.45, 7) is 3.97. The predicted molar refractivity (Wildman–Crippen MR) is 53.3 cm³/mol. The van der Waals surface area contributed by atoms with Crippen molar-refractivity contribution in [1.29, 1.82) is 0 Å². The highest BCUT2D eigenvalue weighted by Crippen LogP contribution is 2.22. The number of nitrogens with zero attached hydrogens (tertiary/aromatic N) is 1. The van der Waals surface area contributed by atoms with E-state index in [1.54, 1.807) is 6.20 Å². The van der Waals surface area contributed by atoms with E-state index in [2.05, 4.69) is 4.98 Å². The molecule has 13 heavy (non-hydrogen) atoms. The van der Waals surface area contributed by atoms with Gasteiger partial charge in [0.2, 0.25) is 0 Å². The number of anilines is 1. The molecule has 0 saturated carbocycles. The number of aromatic nitrogens is 1. The molecule has 3 nitrogen and oxygen atoms in total. The van der Waals surface area contributed by atoms with Gasteiger partial charge < -0.3 is 10.8 Å². The van der Waals surface area contributed by atoms with Crippen LogP contribution in [0.3, 0.4) is 0 Å². The highest BCUT2D eigenvalue weighted by molar-refractivity contribution is 5.42. The fourth-order valence-corrected chi connectivity index (χ4v) is 1.30. The molecule has 0 saturated heterocycles. The van der Waals surface area contributed by atoms with Crippen molar-refractivity contribution >= 4 is 5.82 Å². The van der Waals surface area contributed by atoms with Crippen molar-refractivity contribution < 1.29 is 5.11 Å². The minimum absolute atomic E-state index is 0.437. The van der Waals surface area contributed by atoms with Gasteiger partial charge in [-0.05, 0) is 25.0 Å². The first-order valence-corrected chi connectivity index (χ1v) is 4.55. The molecular weight excluding hydrogens is 164 g/mol. The molecule has 3 N–H and O–H groups in total. The highest BCUT2D eigenvalue weighted by atomic mass is 16.3. The molecule has 1 heterocycles. The van der Waals surface area contributed by atoms with Crippen LogP contribution in [-0.4, -0.2) is 10.1 Å². The topological polar surface area (TPSA) is 59.1 Å². The van der Waals surface area contributed by atoms with Crippen molar-refractivity contribution in [2.24, 2.45) is 0 Å². The van der Waals surface area contributed by atoms with Crippen LogP contribution in [-0.2, 0) is 0 Å². The smallest absolute Gasteiger partial charge is 0.129 e. The molecule has 3 heteroatoms. The molecular formula is C10H16N2O. The van der Waals surface area contributed by atoms with Crippen molar-refractivity contribution in [1.82, 2.24) is 4.98 Å². The summed E-state index contributed by atoms with van der Waals surface area (Å²) in [6, 6.07) is 1.89. The number of aryl methyl sites for hydroxylation is 1. The Balaban J connectivity index is 2.91. The van der Waals surface area contributed by atoms with E-state index in [-0.39, 0.29) is 0 Å². The third-order valence-electron chi connectivity index (χ3n) is 2.01. The Kier molecular flexibility index (Phi) is 3.25. The number of hydrogen-bond acceptors (Lipinski definition) is 3. The molecule has 0 fully saturated rings. The lowest BCUT2D eigenvalue weighted by molar-refractivity contribution is 0.167. The molecule has 72 valence electrons. The zero-order chi connectivity index (χ0) is 9.84. The van der Waals surface area contributed by atoms with Crippen molar-refractivity contribution in [2.75, 3.05) is 5.73 Å². The quantitative estimate of drug-likeness (QED) is 0.745. The van der Waals surface area contributed by atoms with Gasteiger partial charge in [0.25, 0.3) is 0 Å². The summed E-state index contributed by atoms with van der Waals surface area (Å²) in [4.78, 5) is 4.00. The predicted octanol–water partition coefficient (Wildman–Crippen LogP) is 1.81. The Hall–Kier alpha value is -1.09. The molecule has 0 radical (unpaired) electrons. The van der Waals surface area contributed by atoms with E-state index in [0.29, 0.717) is 5.82 Å². The second-order valence-corrected chi connectivity index (χ2v) is 3.29. The average Bonchev–Trinajstić information content (AvgIpc) is 2.09. The van der Waals surface area contributed by atoms with E-state index in [9.17, 15) is 5.11 Å². The largest absolute Gasteiger partial charge is 0.388 e. The summed E-state index contributed by atoms with van der Waals surface area (Å²) >= 11 is 0. The molecule has 1 atom stereocenters. The lowest BCUT2D eigenvalue weighted by Crippen LogP contribution is -2.04. The van der Waals surface area contributed by atoms with Crippen molar-refractivity contribution in [2.45, 2.75) is 32.8 Å². The zero-order valence-corrected chi connectivity index (χ0v) is 8.12. The summed E-state index contributed by atoms with van der Waals surface area (Å²) in [6.07, 6.45) is 2.90. The summed E-state index contributed by atoms with van der Waals surface area (Å²) < 4.78 is 0. The molecule has 0 aromatic carbocycles. The Bertz CT molecular complexity index is 286. The minimum atomic E-state index is -0.475. The van der Waals surface area contributed by atoms with E-state index in [0.717, 1.165) is 24.0 Å². The maximum Gasteiger partial charge on any atom is 0.129 e. The molecule has 1 aromatic rings. The van der Waals surface area contributed by atoms with E-state index in [1.807, 2.05) is 19.9 Å². The van der Waals surface area contributed by atoms with Crippen molar-refractivity contribution in [3.05, 3.63) is 23.4 Å². The third-order valence-corrected chi connectivity index (χ3v) is 2.01. The Morgan fingerprint density at radius 2 is 2.31 bits per heavy atom. The Labute approximate surface area is 78.6 Å². The van der Waals surface area contributed by atoms with Gasteiger partial charge in [-0.1, -0.05) is 13.3 Å². The van der Waals surface area contributed by atoms with E-state index in [4.69, 9.17) is 5.73 Å². The lowest BCUT2D eigenvalue weighted by Gasteiger charge is -2.11. The summed E-state index contributed by atoms with van der Waals surface area (Å²) in [7, 11) is 0. The fourth-order valence-electron chi connectivity index (χ4n) is 1.30. The van der Waals surface area contributed by atoms with Crippen LogP contribution in [0.5, 0.6) is 0 Å². The van der Waals surface area contributed by atoms with Gasteiger partial charge in [0.1, 0.15) is 5.82 Å². The number of hydrogen-bond donors (Lipinski definition) is 2. The summed E-state index contributed by atoms with van der Waals surface area (Å²) in [5.41, 5.74) is 7.43.